The second kappa shape index (κ2) is 8.22. The monoisotopic (exact) mass is 401 g/mol. The van der Waals surface area contributed by atoms with Crippen LogP contribution in [-0.4, -0.2) is 27.9 Å². The summed E-state index contributed by atoms with van der Waals surface area (Å²) in [5, 5.41) is 7.47. The van der Waals surface area contributed by atoms with E-state index in [1.165, 1.54) is 6.92 Å². The fraction of sp³-hybridized carbons (Fsp3) is 0.136. The predicted molar refractivity (Wildman–Crippen MR) is 120 cm³/mol. The molecule has 2 aromatic heterocycles. The Bertz CT molecular complexity index is 1180. The van der Waals surface area contributed by atoms with Gasteiger partial charge in [-0.2, -0.15) is 9.97 Å². The van der Waals surface area contributed by atoms with Crippen molar-refractivity contribution in [3.63, 3.8) is 0 Å². The molecule has 4 aromatic rings. The second-order valence-corrected chi connectivity index (χ2v) is 6.92. The van der Waals surface area contributed by atoms with E-state index in [4.69, 9.17) is 5.73 Å². The van der Waals surface area contributed by atoms with Gasteiger partial charge in [0.1, 0.15) is 11.5 Å². The minimum Gasteiger partial charge on any atom is -0.346 e. The van der Waals surface area contributed by atoms with E-state index in [1.807, 2.05) is 60.8 Å². The number of nitrogens with one attached hydrogen (secondary N) is 3. The van der Waals surface area contributed by atoms with Crippen LogP contribution in [0.4, 0.5) is 28.8 Å². The van der Waals surface area contributed by atoms with Gasteiger partial charge in [-0.15, -0.1) is 0 Å². The van der Waals surface area contributed by atoms with Crippen molar-refractivity contribution >= 4 is 45.8 Å². The highest BCUT2D eigenvalue weighted by Crippen LogP contribution is 2.27. The van der Waals surface area contributed by atoms with E-state index >= 15 is 0 Å². The molecule has 0 bridgehead atoms. The summed E-state index contributed by atoms with van der Waals surface area (Å²) in [6.45, 7) is 2.00. The Morgan fingerprint density at radius 1 is 1.07 bits per heavy atom. The molecule has 2 heterocycles. The molecule has 0 atom stereocenters. The Balaban J connectivity index is 1.61. The number of amides is 1. The highest BCUT2D eigenvalue weighted by Gasteiger charge is 2.11. The average molecular weight is 401 g/mol. The van der Waals surface area contributed by atoms with Crippen LogP contribution in [0.5, 0.6) is 0 Å². The van der Waals surface area contributed by atoms with Crippen molar-refractivity contribution in [1.29, 1.82) is 0 Å². The van der Waals surface area contributed by atoms with E-state index in [2.05, 4.69) is 25.6 Å². The number of aromatic nitrogens is 3. The highest BCUT2D eigenvalue weighted by molar-refractivity contribution is 5.91. The first-order chi connectivity index (χ1) is 14.5. The summed E-state index contributed by atoms with van der Waals surface area (Å²) < 4.78 is 0. The summed E-state index contributed by atoms with van der Waals surface area (Å²) in [4.78, 5) is 25.4. The van der Waals surface area contributed by atoms with Crippen molar-refractivity contribution in [2.24, 2.45) is 5.73 Å². The number of nitrogens with two attached hydrogens (primary N) is 1. The maximum atomic E-state index is 11.5. The van der Waals surface area contributed by atoms with Crippen LogP contribution in [-0.2, 0) is 11.3 Å². The summed E-state index contributed by atoms with van der Waals surface area (Å²) in [6.07, 6.45) is 1.83. The van der Waals surface area contributed by atoms with Gasteiger partial charge in [-0.25, -0.2) is 0 Å². The molecule has 0 spiro atoms. The largest absolute Gasteiger partial charge is 0.346 e. The van der Waals surface area contributed by atoms with Gasteiger partial charge in [-0.05, 0) is 48.0 Å². The molecule has 0 unspecified atom stereocenters. The second-order valence-electron chi connectivity index (χ2n) is 6.92. The molecule has 0 fully saturated rings. The first kappa shape index (κ1) is 19.4. The molecular formula is C22H23N7O. The van der Waals surface area contributed by atoms with Crippen LogP contribution in [0.3, 0.4) is 0 Å². The molecule has 5 N–H and O–H groups in total. The molecular weight excluding hydrogens is 378 g/mol. The summed E-state index contributed by atoms with van der Waals surface area (Å²) in [6, 6.07) is 17.3. The molecule has 0 aliphatic carbocycles. The number of rotatable bonds is 6. The lowest BCUT2D eigenvalue weighted by Gasteiger charge is -2.15. The molecule has 1 amide bonds. The fourth-order valence-corrected chi connectivity index (χ4v) is 3.08. The summed E-state index contributed by atoms with van der Waals surface area (Å²) in [5.41, 5.74) is 10.0. The van der Waals surface area contributed by atoms with E-state index in [0.717, 1.165) is 33.7 Å². The summed E-state index contributed by atoms with van der Waals surface area (Å²) in [5.74, 6) is 1.12. The molecule has 0 aliphatic heterocycles. The summed E-state index contributed by atoms with van der Waals surface area (Å²) in [7, 11) is 1.74. The van der Waals surface area contributed by atoms with E-state index in [-0.39, 0.29) is 5.91 Å². The first-order valence-electron chi connectivity index (χ1n) is 9.56. The van der Waals surface area contributed by atoms with Crippen LogP contribution in [0.2, 0.25) is 0 Å². The van der Waals surface area contributed by atoms with Crippen LogP contribution in [0.25, 0.3) is 11.0 Å². The lowest BCUT2D eigenvalue weighted by Crippen LogP contribution is -2.22. The highest BCUT2D eigenvalue weighted by atomic mass is 16.2. The Labute approximate surface area is 174 Å². The topological polar surface area (TPSA) is 112 Å². The van der Waals surface area contributed by atoms with E-state index in [1.54, 1.807) is 11.9 Å². The van der Waals surface area contributed by atoms with Crippen LogP contribution >= 0.6 is 0 Å². The third-order valence-electron chi connectivity index (χ3n) is 4.82. The maximum absolute atomic E-state index is 11.5. The number of anilines is 5. The fourth-order valence-electron chi connectivity index (χ4n) is 3.08. The molecule has 8 heteroatoms. The number of fused-ring (bicyclic) bond motifs is 1. The molecule has 0 saturated heterocycles. The zero-order chi connectivity index (χ0) is 21.1. The van der Waals surface area contributed by atoms with Crippen molar-refractivity contribution in [3.05, 3.63) is 66.4 Å². The smallest absolute Gasteiger partial charge is 0.231 e. The number of carbonyl (C=O) groups is 1. The molecule has 8 nitrogen and oxygen atoms in total. The van der Waals surface area contributed by atoms with Crippen molar-refractivity contribution in [3.8, 4) is 0 Å². The average Bonchev–Trinajstić information content (AvgIpc) is 3.23. The summed E-state index contributed by atoms with van der Waals surface area (Å²) >= 11 is 0. The lowest BCUT2D eigenvalue weighted by molar-refractivity contribution is -0.116. The number of benzene rings is 2. The minimum absolute atomic E-state index is 0.0225. The number of H-pyrrole nitrogens is 1. The minimum atomic E-state index is -0.0225. The van der Waals surface area contributed by atoms with Crippen LogP contribution in [0.15, 0.2) is 60.8 Å². The molecule has 152 valence electrons. The van der Waals surface area contributed by atoms with Gasteiger partial charge in [0.05, 0.1) is 5.39 Å². The molecule has 0 aliphatic rings. The van der Waals surface area contributed by atoms with Gasteiger partial charge < -0.3 is 26.3 Å². The lowest BCUT2D eigenvalue weighted by atomic mass is 10.2. The quantitative estimate of drug-likeness (QED) is 0.390. The van der Waals surface area contributed by atoms with Gasteiger partial charge in [0.2, 0.25) is 11.9 Å². The zero-order valence-corrected chi connectivity index (χ0v) is 16.8. The van der Waals surface area contributed by atoms with Gasteiger partial charge >= 0.3 is 0 Å². The van der Waals surface area contributed by atoms with Crippen molar-refractivity contribution in [1.82, 2.24) is 15.0 Å². The number of nitrogens with zero attached hydrogens (tertiary/aromatic N) is 3. The number of carbonyl (C=O) groups excluding carboxylic acids is 1. The third kappa shape index (κ3) is 4.08. The first-order valence-corrected chi connectivity index (χ1v) is 9.56. The third-order valence-corrected chi connectivity index (χ3v) is 4.82. The standard InChI is InChI=1S/C22H23N7O/c1-14(30)29(2)18-8-6-16(7-9-18)26-22-27-20-19(10-11-24-20)21(28-22)25-17-5-3-4-15(12-17)13-23/h3-12H,13,23H2,1-2H3,(H3,24,25,26,27,28). The van der Waals surface area contributed by atoms with Crippen LogP contribution in [0, 0.1) is 0 Å². The van der Waals surface area contributed by atoms with Gasteiger partial charge in [-0.3, -0.25) is 4.79 Å². The van der Waals surface area contributed by atoms with Crippen molar-refractivity contribution in [2.75, 3.05) is 22.6 Å². The van der Waals surface area contributed by atoms with E-state index in [0.29, 0.717) is 18.3 Å². The number of hydrogen-bond donors (Lipinski definition) is 4. The SMILES string of the molecule is CC(=O)N(C)c1ccc(Nc2nc(Nc3cccc(CN)c3)c3cc[nH]c3n2)cc1. The van der Waals surface area contributed by atoms with Gasteiger partial charge in [0.15, 0.2) is 0 Å². The predicted octanol–water partition coefficient (Wildman–Crippen LogP) is 3.89. The zero-order valence-electron chi connectivity index (χ0n) is 16.8. The van der Waals surface area contributed by atoms with Crippen LogP contribution < -0.4 is 21.3 Å². The molecule has 4 rings (SSSR count). The Hall–Kier alpha value is -3.91. The molecule has 2 aromatic carbocycles. The Morgan fingerprint density at radius 3 is 2.60 bits per heavy atom. The van der Waals surface area contributed by atoms with Gasteiger partial charge in [-0.1, -0.05) is 12.1 Å². The maximum Gasteiger partial charge on any atom is 0.231 e. The van der Waals surface area contributed by atoms with Crippen molar-refractivity contribution in [2.45, 2.75) is 13.5 Å². The number of aromatic amines is 1. The molecule has 30 heavy (non-hydrogen) atoms. The van der Waals surface area contributed by atoms with Crippen molar-refractivity contribution < 1.29 is 4.79 Å². The van der Waals surface area contributed by atoms with E-state index in [9.17, 15) is 4.79 Å². The number of hydrogen-bond acceptors (Lipinski definition) is 6. The molecule has 0 radical (unpaired) electrons. The normalized spacial score (nSPS) is 10.8. The molecule has 0 saturated carbocycles. The van der Waals surface area contributed by atoms with E-state index < -0.39 is 0 Å². The Kier molecular flexibility index (Phi) is 5.32. The van der Waals surface area contributed by atoms with Gasteiger partial charge in [0.25, 0.3) is 0 Å². The van der Waals surface area contributed by atoms with Crippen LogP contribution in [0.1, 0.15) is 12.5 Å². The Morgan fingerprint density at radius 2 is 1.87 bits per heavy atom. The van der Waals surface area contributed by atoms with Gasteiger partial charge in [0, 0.05) is 43.8 Å².